The highest BCUT2D eigenvalue weighted by Gasteiger charge is 2.19. The Morgan fingerprint density at radius 1 is 0.744 bits per heavy atom. The smallest absolute Gasteiger partial charge is 0.262 e. The van der Waals surface area contributed by atoms with Crippen molar-refractivity contribution in [3.8, 4) is 5.75 Å². The van der Waals surface area contributed by atoms with Gasteiger partial charge in [0.25, 0.3) is 26.0 Å². The first kappa shape index (κ1) is 28.0. The molecule has 4 aromatic rings. The third-order valence-electron chi connectivity index (χ3n) is 5.54. The molecule has 0 saturated carbocycles. The summed E-state index contributed by atoms with van der Waals surface area (Å²) in [6.07, 6.45) is 0. The molecule has 0 spiro atoms. The van der Waals surface area contributed by atoms with Crippen molar-refractivity contribution in [3.05, 3.63) is 107 Å². The Morgan fingerprint density at radius 2 is 1.36 bits per heavy atom. The van der Waals surface area contributed by atoms with Gasteiger partial charge in [-0.3, -0.25) is 14.2 Å². The third-order valence-corrected chi connectivity index (χ3v) is 8.63. The Labute approximate surface area is 231 Å². The minimum absolute atomic E-state index is 0.0165. The van der Waals surface area contributed by atoms with Crippen molar-refractivity contribution in [2.45, 2.75) is 16.7 Å². The van der Waals surface area contributed by atoms with Gasteiger partial charge >= 0.3 is 0 Å². The lowest BCUT2D eigenvalue weighted by Crippen LogP contribution is -2.15. The number of benzene rings is 4. The summed E-state index contributed by atoms with van der Waals surface area (Å²) in [7, 11) is -6.30. The van der Waals surface area contributed by atoms with E-state index in [9.17, 15) is 21.6 Å². The summed E-state index contributed by atoms with van der Waals surface area (Å²) < 4.78 is 61.0. The molecule has 3 N–H and O–H groups in total. The summed E-state index contributed by atoms with van der Waals surface area (Å²) in [5.41, 5.74) is 1.78. The molecule has 1 amide bonds. The van der Waals surface area contributed by atoms with Crippen LogP contribution in [0.1, 0.15) is 15.9 Å². The molecule has 0 atom stereocenters. The van der Waals surface area contributed by atoms with E-state index < -0.39 is 26.0 Å². The van der Waals surface area contributed by atoms with E-state index in [1.165, 1.54) is 61.7 Å². The number of rotatable bonds is 9. The second-order valence-corrected chi connectivity index (χ2v) is 12.2. The third kappa shape index (κ3) is 6.69. The van der Waals surface area contributed by atoms with Crippen LogP contribution in [0.4, 0.5) is 17.1 Å². The van der Waals surface area contributed by atoms with Crippen molar-refractivity contribution >= 4 is 54.6 Å². The van der Waals surface area contributed by atoms with Crippen molar-refractivity contribution in [3.63, 3.8) is 0 Å². The Hall–Kier alpha value is -4.06. The van der Waals surface area contributed by atoms with Gasteiger partial charge in [-0.2, -0.15) is 0 Å². The van der Waals surface area contributed by atoms with Crippen LogP contribution in [0.15, 0.2) is 101 Å². The van der Waals surface area contributed by atoms with Crippen LogP contribution in [-0.2, 0) is 20.0 Å². The van der Waals surface area contributed by atoms with Crippen LogP contribution in [0.3, 0.4) is 0 Å². The Bertz CT molecular complexity index is 1730. The van der Waals surface area contributed by atoms with Crippen molar-refractivity contribution in [1.29, 1.82) is 0 Å². The molecule has 0 bridgehead atoms. The first-order chi connectivity index (χ1) is 18.5. The number of ether oxygens (including phenoxy) is 1. The average Bonchev–Trinajstić information content (AvgIpc) is 2.89. The van der Waals surface area contributed by atoms with Crippen LogP contribution in [0.2, 0.25) is 5.02 Å². The molecule has 0 heterocycles. The standard InChI is InChI=1S/C27H24ClN3O6S2/c1-18-8-15-26(37-2)25(16-18)31-39(35,36)22-12-9-19(10-13-22)29-27(32)23-14-11-20(17-24(23)28)30-38(33,34)21-6-4-3-5-7-21/h3-17,30-31H,1-2H3,(H,29,32). The van der Waals surface area contributed by atoms with E-state index in [0.29, 0.717) is 17.1 Å². The Balaban J connectivity index is 1.45. The molecular formula is C27H24ClN3O6S2. The average molecular weight is 586 g/mol. The number of carbonyl (C=O) groups is 1. The largest absolute Gasteiger partial charge is 0.495 e. The van der Waals surface area contributed by atoms with E-state index in [1.54, 1.807) is 36.4 Å². The van der Waals surface area contributed by atoms with Crippen LogP contribution < -0.4 is 19.5 Å². The molecule has 0 aromatic heterocycles. The van der Waals surface area contributed by atoms with E-state index in [1.807, 2.05) is 6.92 Å². The fraction of sp³-hybridized carbons (Fsp3) is 0.0741. The predicted octanol–water partition coefficient (Wildman–Crippen LogP) is 5.51. The van der Waals surface area contributed by atoms with Crippen molar-refractivity contribution < 1.29 is 26.4 Å². The lowest BCUT2D eigenvalue weighted by Gasteiger charge is -2.13. The fourth-order valence-corrected chi connectivity index (χ4v) is 6.00. The molecule has 0 aliphatic carbocycles. The number of nitrogens with one attached hydrogen (secondary N) is 3. The molecule has 0 saturated heterocycles. The van der Waals surface area contributed by atoms with E-state index in [2.05, 4.69) is 14.8 Å². The van der Waals surface area contributed by atoms with Gasteiger partial charge in [0.15, 0.2) is 0 Å². The zero-order valence-electron chi connectivity index (χ0n) is 20.8. The summed E-state index contributed by atoms with van der Waals surface area (Å²) in [6, 6.07) is 22.7. The lowest BCUT2D eigenvalue weighted by atomic mass is 10.2. The first-order valence-electron chi connectivity index (χ1n) is 11.4. The maximum absolute atomic E-state index is 12.9. The summed E-state index contributed by atoms with van der Waals surface area (Å²) in [5, 5.41) is 2.67. The number of hydrogen-bond donors (Lipinski definition) is 3. The second kappa shape index (κ2) is 11.4. The van der Waals surface area contributed by atoms with E-state index in [0.717, 1.165) is 5.56 Å². The quantitative estimate of drug-likeness (QED) is 0.237. The molecule has 0 aliphatic rings. The molecule has 0 unspecified atom stereocenters. The molecular weight excluding hydrogens is 562 g/mol. The van der Waals surface area contributed by atoms with Gasteiger partial charge in [0, 0.05) is 5.69 Å². The van der Waals surface area contributed by atoms with Gasteiger partial charge in [0.1, 0.15) is 5.75 Å². The van der Waals surface area contributed by atoms with Crippen molar-refractivity contribution in [2.75, 3.05) is 21.9 Å². The van der Waals surface area contributed by atoms with Crippen LogP contribution in [0.25, 0.3) is 0 Å². The van der Waals surface area contributed by atoms with Crippen LogP contribution in [-0.4, -0.2) is 29.9 Å². The maximum atomic E-state index is 12.9. The molecule has 0 aliphatic heterocycles. The molecule has 12 heteroatoms. The number of sulfonamides is 2. The number of anilines is 3. The highest BCUT2D eigenvalue weighted by molar-refractivity contribution is 7.93. The number of carbonyl (C=O) groups excluding carboxylic acids is 1. The van der Waals surface area contributed by atoms with E-state index >= 15 is 0 Å². The van der Waals surface area contributed by atoms with E-state index in [4.69, 9.17) is 16.3 Å². The number of aryl methyl sites for hydroxylation is 1. The van der Waals surface area contributed by atoms with Crippen LogP contribution in [0, 0.1) is 6.92 Å². The van der Waals surface area contributed by atoms with Gasteiger partial charge in [-0.05, 0) is 79.2 Å². The zero-order chi connectivity index (χ0) is 28.2. The summed E-state index contributed by atoms with van der Waals surface area (Å²) >= 11 is 6.27. The summed E-state index contributed by atoms with van der Waals surface area (Å²) in [6.45, 7) is 1.83. The minimum Gasteiger partial charge on any atom is -0.495 e. The van der Waals surface area contributed by atoms with Crippen molar-refractivity contribution in [1.82, 2.24) is 0 Å². The molecule has 202 valence electrons. The molecule has 0 fully saturated rings. The fourth-order valence-electron chi connectivity index (χ4n) is 3.60. The van der Waals surface area contributed by atoms with Gasteiger partial charge in [-0.15, -0.1) is 0 Å². The molecule has 39 heavy (non-hydrogen) atoms. The monoisotopic (exact) mass is 585 g/mol. The topological polar surface area (TPSA) is 131 Å². The number of methoxy groups -OCH3 is 1. The van der Waals surface area contributed by atoms with Gasteiger partial charge < -0.3 is 10.1 Å². The van der Waals surface area contributed by atoms with Gasteiger partial charge in [-0.25, -0.2) is 16.8 Å². The SMILES string of the molecule is COc1ccc(C)cc1NS(=O)(=O)c1ccc(NC(=O)c2ccc(NS(=O)(=O)c3ccccc3)cc2Cl)cc1. The Morgan fingerprint density at radius 3 is 2.00 bits per heavy atom. The Kier molecular flexibility index (Phi) is 8.14. The minimum atomic E-state index is -3.93. The highest BCUT2D eigenvalue weighted by atomic mass is 35.5. The van der Waals surface area contributed by atoms with Gasteiger partial charge in [0.2, 0.25) is 0 Å². The second-order valence-electron chi connectivity index (χ2n) is 8.40. The highest BCUT2D eigenvalue weighted by Crippen LogP contribution is 2.29. The molecule has 4 rings (SSSR count). The predicted molar refractivity (Wildman–Crippen MR) is 152 cm³/mol. The van der Waals surface area contributed by atoms with Crippen molar-refractivity contribution in [2.24, 2.45) is 0 Å². The maximum Gasteiger partial charge on any atom is 0.262 e. The summed E-state index contributed by atoms with van der Waals surface area (Å²) in [4.78, 5) is 12.9. The lowest BCUT2D eigenvalue weighted by molar-refractivity contribution is 0.102. The molecule has 9 nitrogen and oxygen atoms in total. The molecule has 0 radical (unpaired) electrons. The normalized spacial score (nSPS) is 11.5. The first-order valence-corrected chi connectivity index (χ1v) is 14.8. The van der Waals surface area contributed by atoms with Crippen LogP contribution >= 0.6 is 11.6 Å². The van der Waals surface area contributed by atoms with Gasteiger partial charge in [-0.1, -0.05) is 35.9 Å². The molecule has 4 aromatic carbocycles. The summed E-state index contributed by atoms with van der Waals surface area (Å²) in [5.74, 6) is -0.181. The number of halogens is 1. The number of hydrogen-bond acceptors (Lipinski definition) is 6. The zero-order valence-corrected chi connectivity index (χ0v) is 23.2. The van der Waals surface area contributed by atoms with Gasteiger partial charge in [0.05, 0.1) is 38.9 Å². The van der Waals surface area contributed by atoms with E-state index in [-0.39, 0.29) is 26.1 Å². The van der Waals surface area contributed by atoms with Crippen LogP contribution in [0.5, 0.6) is 5.75 Å². The number of amides is 1.